The second kappa shape index (κ2) is 7.76. The zero-order chi connectivity index (χ0) is 20.8. The minimum absolute atomic E-state index is 0.0713. The van der Waals surface area contributed by atoms with E-state index in [1.54, 1.807) is 0 Å². The van der Waals surface area contributed by atoms with Crippen LogP contribution in [0.25, 0.3) is 0 Å². The minimum Gasteiger partial charge on any atom is -0.330 e. The Morgan fingerprint density at radius 1 is 1.28 bits per heavy atom. The fraction of sp³-hybridized carbons (Fsp3) is 0.524. The molecule has 1 aromatic heterocycles. The monoisotopic (exact) mass is 424 g/mol. The number of hydrogen-bond donors (Lipinski definition) is 1. The van der Waals surface area contributed by atoms with E-state index in [-0.39, 0.29) is 5.02 Å². The second-order valence-electron chi connectivity index (χ2n) is 7.98. The summed E-state index contributed by atoms with van der Waals surface area (Å²) in [4.78, 5) is 11.3. The third-order valence-corrected chi connectivity index (χ3v) is 6.06. The molecule has 0 saturated heterocycles. The standard InChI is InChI=1S/C21H24ClF3N4/c1-12-27-19(14(6-8-26)10-13-2-3-13)16-7-9-29(20(16)28-12)18-5-4-15(11-17(18)22)21(23,24)25/h4-5,11,13-14H,2-3,6-10,26H2,1H3. The average Bonchev–Trinajstić information content (AvgIpc) is 3.37. The van der Waals surface area contributed by atoms with Crippen molar-refractivity contribution in [1.29, 1.82) is 0 Å². The van der Waals surface area contributed by atoms with Crippen molar-refractivity contribution in [3.8, 4) is 0 Å². The van der Waals surface area contributed by atoms with Crippen LogP contribution in [0.3, 0.4) is 0 Å². The summed E-state index contributed by atoms with van der Waals surface area (Å²) in [5.41, 5.74) is 7.79. The van der Waals surface area contributed by atoms with Crippen molar-refractivity contribution in [3.63, 3.8) is 0 Å². The first-order valence-electron chi connectivity index (χ1n) is 9.99. The van der Waals surface area contributed by atoms with E-state index in [2.05, 4.69) is 4.98 Å². The van der Waals surface area contributed by atoms with Crippen molar-refractivity contribution in [2.24, 2.45) is 11.7 Å². The van der Waals surface area contributed by atoms with Gasteiger partial charge < -0.3 is 10.6 Å². The highest BCUT2D eigenvalue weighted by molar-refractivity contribution is 6.33. The molecule has 1 atom stereocenters. The van der Waals surface area contributed by atoms with Crippen LogP contribution in [-0.4, -0.2) is 23.1 Å². The molecule has 1 fully saturated rings. The van der Waals surface area contributed by atoms with Gasteiger partial charge in [-0.15, -0.1) is 0 Å². The van der Waals surface area contributed by atoms with Gasteiger partial charge in [0.2, 0.25) is 0 Å². The molecule has 2 aliphatic rings. The molecule has 2 heterocycles. The largest absolute Gasteiger partial charge is 0.416 e. The van der Waals surface area contributed by atoms with Crippen LogP contribution >= 0.6 is 11.6 Å². The van der Waals surface area contributed by atoms with Gasteiger partial charge in [-0.2, -0.15) is 13.2 Å². The number of fused-ring (bicyclic) bond motifs is 1. The van der Waals surface area contributed by atoms with Crippen LogP contribution in [-0.2, 0) is 12.6 Å². The molecule has 8 heteroatoms. The maximum Gasteiger partial charge on any atom is 0.416 e. The van der Waals surface area contributed by atoms with Gasteiger partial charge >= 0.3 is 6.18 Å². The first-order chi connectivity index (χ1) is 13.8. The van der Waals surface area contributed by atoms with Gasteiger partial charge in [0.25, 0.3) is 0 Å². The first-order valence-corrected chi connectivity index (χ1v) is 10.4. The lowest BCUT2D eigenvalue weighted by atomic mass is 9.91. The highest BCUT2D eigenvalue weighted by atomic mass is 35.5. The molecule has 2 N–H and O–H groups in total. The third-order valence-electron chi connectivity index (χ3n) is 5.75. The topological polar surface area (TPSA) is 55.0 Å². The van der Waals surface area contributed by atoms with Gasteiger partial charge in [0.1, 0.15) is 11.6 Å². The van der Waals surface area contributed by atoms with Crippen molar-refractivity contribution < 1.29 is 13.2 Å². The molecule has 0 amide bonds. The Hall–Kier alpha value is -1.86. The predicted octanol–water partition coefficient (Wildman–Crippen LogP) is 5.38. The molecule has 1 aliphatic heterocycles. The summed E-state index contributed by atoms with van der Waals surface area (Å²) in [5, 5.41) is 0.0713. The highest BCUT2D eigenvalue weighted by Gasteiger charge is 2.34. The molecule has 0 bridgehead atoms. The Balaban J connectivity index is 1.71. The molecule has 1 aromatic carbocycles. The SMILES string of the molecule is Cc1nc(C(CCN)CC2CC2)c2c(n1)N(c1ccc(C(F)(F)F)cc1Cl)CC2. The van der Waals surface area contributed by atoms with E-state index in [0.29, 0.717) is 30.5 Å². The zero-order valence-corrected chi connectivity index (χ0v) is 17.0. The third kappa shape index (κ3) is 4.21. The molecule has 1 saturated carbocycles. The maximum atomic E-state index is 13.0. The van der Waals surface area contributed by atoms with Crippen LogP contribution < -0.4 is 10.6 Å². The van der Waals surface area contributed by atoms with E-state index in [1.807, 2.05) is 11.8 Å². The molecule has 156 valence electrons. The number of halogens is 4. The molecule has 0 spiro atoms. The fourth-order valence-electron chi connectivity index (χ4n) is 4.19. The Morgan fingerprint density at radius 2 is 2.03 bits per heavy atom. The summed E-state index contributed by atoms with van der Waals surface area (Å²) in [7, 11) is 0. The van der Waals surface area contributed by atoms with Gasteiger partial charge in [-0.1, -0.05) is 24.4 Å². The molecule has 4 nitrogen and oxygen atoms in total. The Labute approximate surface area is 173 Å². The van der Waals surface area contributed by atoms with E-state index < -0.39 is 11.7 Å². The van der Waals surface area contributed by atoms with Crippen LogP contribution in [0.1, 0.15) is 54.2 Å². The van der Waals surface area contributed by atoms with Crippen molar-refractivity contribution in [3.05, 3.63) is 45.9 Å². The summed E-state index contributed by atoms with van der Waals surface area (Å²) >= 11 is 6.25. The average molecular weight is 425 g/mol. The number of alkyl halides is 3. The molecule has 29 heavy (non-hydrogen) atoms. The minimum atomic E-state index is -4.42. The van der Waals surface area contributed by atoms with E-state index in [1.165, 1.54) is 18.9 Å². The Morgan fingerprint density at radius 3 is 2.66 bits per heavy atom. The summed E-state index contributed by atoms with van der Waals surface area (Å²) < 4.78 is 39.0. The molecule has 0 radical (unpaired) electrons. The summed E-state index contributed by atoms with van der Waals surface area (Å²) in [6, 6.07) is 3.48. The van der Waals surface area contributed by atoms with Gasteiger partial charge in [-0.25, -0.2) is 9.97 Å². The number of anilines is 2. The summed E-state index contributed by atoms with van der Waals surface area (Å²) in [5.74, 6) is 2.46. The van der Waals surface area contributed by atoms with Crippen LogP contribution in [0, 0.1) is 12.8 Å². The summed E-state index contributed by atoms with van der Waals surface area (Å²) in [6.45, 7) is 3.07. The van der Waals surface area contributed by atoms with E-state index in [0.717, 1.165) is 54.4 Å². The van der Waals surface area contributed by atoms with Gasteiger partial charge in [0, 0.05) is 18.0 Å². The van der Waals surface area contributed by atoms with Crippen molar-refractivity contribution >= 4 is 23.1 Å². The normalized spacial score (nSPS) is 17.5. The molecule has 2 aromatic rings. The molecule has 1 aliphatic carbocycles. The quantitative estimate of drug-likeness (QED) is 0.676. The van der Waals surface area contributed by atoms with Crippen LogP contribution in [0.5, 0.6) is 0 Å². The Kier molecular flexibility index (Phi) is 5.46. The lowest BCUT2D eigenvalue weighted by Gasteiger charge is -2.23. The number of nitrogens with two attached hydrogens (primary N) is 1. The number of hydrogen-bond acceptors (Lipinski definition) is 4. The number of benzene rings is 1. The van der Waals surface area contributed by atoms with Crippen molar-refractivity contribution in [2.75, 3.05) is 18.0 Å². The van der Waals surface area contributed by atoms with Gasteiger partial charge in [0.15, 0.2) is 0 Å². The van der Waals surface area contributed by atoms with Crippen LogP contribution in [0.15, 0.2) is 18.2 Å². The molecular weight excluding hydrogens is 401 g/mol. The smallest absolute Gasteiger partial charge is 0.330 e. The van der Waals surface area contributed by atoms with Gasteiger partial charge in [-0.05, 0) is 56.8 Å². The first kappa shape index (κ1) is 20.4. The highest BCUT2D eigenvalue weighted by Crippen LogP contribution is 2.45. The molecular formula is C21H24ClF3N4. The van der Waals surface area contributed by atoms with Crippen LogP contribution in [0.2, 0.25) is 5.02 Å². The number of nitrogens with zero attached hydrogens (tertiary/aromatic N) is 3. The van der Waals surface area contributed by atoms with Gasteiger partial charge in [0.05, 0.1) is 22.0 Å². The van der Waals surface area contributed by atoms with Gasteiger partial charge in [-0.3, -0.25) is 0 Å². The maximum absolute atomic E-state index is 13.0. The molecule has 1 unspecified atom stereocenters. The fourth-order valence-corrected chi connectivity index (χ4v) is 4.47. The lowest BCUT2D eigenvalue weighted by Crippen LogP contribution is -2.17. The number of aryl methyl sites for hydroxylation is 1. The van der Waals surface area contributed by atoms with E-state index in [4.69, 9.17) is 22.3 Å². The zero-order valence-electron chi connectivity index (χ0n) is 16.3. The predicted molar refractivity (Wildman–Crippen MR) is 108 cm³/mol. The molecule has 4 rings (SSSR count). The van der Waals surface area contributed by atoms with Crippen molar-refractivity contribution in [1.82, 2.24) is 9.97 Å². The second-order valence-corrected chi connectivity index (χ2v) is 8.38. The number of aromatic nitrogens is 2. The van der Waals surface area contributed by atoms with Crippen molar-refractivity contribution in [2.45, 2.75) is 51.1 Å². The summed E-state index contributed by atoms with van der Waals surface area (Å²) in [6.07, 6.45) is 0.812. The van der Waals surface area contributed by atoms with E-state index >= 15 is 0 Å². The Bertz CT molecular complexity index is 912. The van der Waals surface area contributed by atoms with Crippen LogP contribution in [0.4, 0.5) is 24.7 Å². The van der Waals surface area contributed by atoms with E-state index in [9.17, 15) is 13.2 Å². The number of rotatable bonds is 6. The lowest BCUT2D eigenvalue weighted by molar-refractivity contribution is -0.137.